The molecule has 0 bridgehead atoms. The van der Waals surface area contributed by atoms with Gasteiger partial charge in [-0.25, -0.2) is 0 Å². The number of hydrogen-bond donors (Lipinski definition) is 0. The van der Waals surface area contributed by atoms with E-state index >= 15 is 0 Å². The molecule has 1 atom stereocenters. The van der Waals surface area contributed by atoms with Crippen LogP contribution in [0.4, 0.5) is 0 Å². The molecule has 13 heavy (non-hydrogen) atoms. The first-order valence-corrected chi connectivity index (χ1v) is 4.92. The van der Waals surface area contributed by atoms with Crippen LogP contribution in [0, 0.1) is 0 Å². The highest BCUT2D eigenvalue weighted by atomic mass is 35.5. The van der Waals surface area contributed by atoms with Crippen molar-refractivity contribution in [3.63, 3.8) is 0 Å². The van der Waals surface area contributed by atoms with Gasteiger partial charge in [-0.2, -0.15) is 0 Å². The topological polar surface area (TPSA) is 12.4 Å². The zero-order chi connectivity index (χ0) is 9.26. The van der Waals surface area contributed by atoms with Crippen molar-refractivity contribution in [2.24, 2.45) is 4.99 Å². The van der Waals surface area contributed by atoms with E-state index in [4.69, 9.17) is 11.6 Å². The first-order chi connectivity index (χ1) is 6.27. The van der Waals surface area contributed by atoms with Crippen LogP contribution < -0.4 is 0 Å². The minimum Gasteiger partial charge on any atom is -0.297 e. The molecule has 0 radical (unpaired) electrons. The molecular formula is C11H12ClN. The van der Waals surface area contributed by atoms with Crippen LogP contribution in [0.15, 0.2) is 23.2 Å². The third kappa shape index (κ3) is 1.75. The fourth-order valence-corrected chi connectivity index (χ4v) is 1.88. The van der Waals surface area contributed by atoms with Gasteiger partial charge in [0.1, 0.15) is 0 Å². The summed E-state index contributed by atoms with van der Waals surface area (Å²) in [5, 5.41) is 0.826. The van der Waals surface area contributed by atoms with Gasteiger partial charge in [0.2, 0.25) is 0 Å². The van der Waals surface area contributed by atoms with E-state index < -0.39 is 0 Å². The summed E-state index contributed by atoms with van der Waals surface area (Å²) in [4.78, 5) is 4.33. The maximum absolute atomic E-state index is 5.95. The molecule has 1 aliphatic heterocycles. The van der Waals surface area contributed by atoms with Crippen molar-refractivity contribution in [2.45, 2.75) is 19.3 Å². The molecule has 0 N–H and O–H groups in total. The number of nitrogens with zero attached hydrogens (tertiary/aromatic N) is 1. The number of aliphatic imine (C=N–C) groups is 1. The molecule has 0 spiro atoms. The van der Waals surface area contributed by atoms with E-state index in [0.717, 1.165) is 18.0 Å². The largest absolute Gasteiger partial charge is 0.297 e. The molecule has 2 heteroatoms. The van der Waals surface area contributed by atoms with Gasteiger partial charge in [0.05, 0.1) is 0 Å². The van der Waals surface area contributed by atoms with Gasteiger partial charge in [-0.15, -0.1) is 0 Å². The molecule has 0 saturated carbocycles. The van der Waals surface area contributed by atoms with Gasteiger partial charge in [0.15, 0.2) is 0 Å². The predicted octanol–water partition coefficient (Wildman–Crippen LogP) is 3.07. The smallest absolute Gasteiger partial charge is 0.0451 e. The summed E-state index contributed by atoms with van der Waals surface area (Å²) < 4.78 is 0. The van der Waals surface area contributed by atoms with Gasteiger partial charge >= 0.3 is 0 Å². The first kappa shape index (κ1) is 8.76. The highest BCUT2D eigenvalue weighted by molar-refractivity contribution is 6.30. The Morgan fingerprint density at radius 3 is 3.15 bits per heavy atom. The maximum Gasteiger partial charge on any atom is 0.0451 e. The van der Waals surface area contributed by atoms with Crippen LogP contribution in [-0.2, 0) is 6.42 Å². The second-order valence-corrected chi connectivity index (χ2v) is 3.93. The van der Waals surface area contributed by atoms with E-state index in [1.807, 2.05) is 12.3 Å². The molecule has 1 heterocycles. The molecule has 0 fully saturated rings. The van der Waals surface area contributed by atoms with E-state index in [1.165, 1.54) is 11.1 Å². The lowest BCUT2D eigenvalue weighted by Gasteiger charge is -2.11. The average molecular weight is 194 g/mol. The lowest BCUT2D eigenvalue weighted by Crippen LogP contribution is -1.99. The highest BCUT2D eigenvalue weighted by Gasteiger charge is 2.12. The Hall–Kier alpha value is -0.820. The Morgan fingerprint density at radius 2 is 2.31 bits per heavy atom. The number of fused-ring (bicyclic) bond motifs is 1. The lowest BCUT2D eigenvalue weighted by atomic mass is 9.95. The van der Waals surface area contributed by atoms with Crippen molar-refractivity contribution in [1.82, 2.24) is 0 Å². The molecule has 0 aliphatic carbocycles. The molecule has 0 amide bonds. The van der Waals surface area contributed by atoms with Crippen LogP contribution in [0.1, 0.15) is 24.0 Å². The molecule has 0 aromatic heterocycles. The van der Waals surface area contributed by atoms with Crippen molar-refractivity contribution < 1.29 is 0 Å². The van der Waals surface area contributed by atoms with Gasteiger partial charge in [-0.05, 0) is 23.3 Å². The van der Waals surface area contributed by atoms with Crippen LogP contribution in [-0.4, -0.2) is 12.8 Å². The normalized spacial score (nSPS) is 20.9. The predicted molar refractivity (Wildman–Crippen MR) is 56.9 cm³/mol. The summed E-state index contributed by atoms with van der Waals surface area (Å²) in [5.41, 5.74) is 2.71. The van der Waals surface area contributed by atoms with E-state index in [-0.39, 0.29) is 0 Å². The Balaban J connectivity index is 2.48. The zero-order valence-electron chi connectivity index (χ0n) is 7.63. The number of rotatable bonds is 0. The first-order valence-electron chi connectivity index (χ1n) is 4.54. The SMILES string of the molecule is CC1CN=CCc2ccc(Cl)cc21. The van der Waals surface area contributed by atoms with Crippen LogP contribution in [0.5, 0.6) is 0 Å². The zero-order valence-corrected chi connectivity index (χ0v) is 8.38. The second kappa shape index (κ2) is 3.51. The molecule has 0 saturated heterocycles. The average Bonchev–Trinajstić information content (AvgIpc) is 2.29. The summed E-state index contributed by atoms with van der Waals surface area (Å²) in [5.74, 6) is 0.493. The van der Waals surface area contributed by atoms with Gasteiger partial charge in [0.25, 0.3) is 0 Å². The molecule has 1 unspecified atom stereocenters. The van der Waals surface area contributed by atoms with E-state index in [0.29, 0.717) is 5.92 Å². The van der Waals surface area contributed by atoms with Crippen molar-refractivity contribution in [3.05, 3.63) is 34.3 Å². The van der Waals surface area contributed by atoms with Gasteiger partial charge in [-0.3, -0.25) is 4.99 Å². The van der Waals surface area contributed by atoms with Crippen LogP contribution in [0.25, 0.3) is 0 Å². The van der Waals surface area contributed by atoms with Crippen LogP contribution >= 0.6 is 11.6 Å². The fourth-order valence-electron chi connectivity index (χ4n) is 1.70. The minimum atomic E-state index is 0.493. The van der Waals surface area contributed by atoms with E-state index in [1.54, 1.807) is 0 Å². The number of halogens is 1. The molecule has 1 aliphatic rings. The lowest BCUT2D eigenvalue weighted by molar-refractivity contribution is 0.778. The molecular weight excluding hydrogens is 182 g/mol. The number of hydrogen-bond acceptors (Lipinski definition) is 1. The summed E-state index contributed by atoms with van der Waals surface area (Å²) in [6, 6.07) is 6.12. The fraction of sp³-hybridized carbons (Fsp3) is 0.364. The molecule has 1 aromatic carbocycles. The summed E-state index contributed by atoms with van der Waals surface area (Å²) >= 11 is 5.95. The van der Waals surface area contributed by atoms with Crippen molar-refractivity contribution in [2.75, 3.05) is 6.54 Å². The maximum atomic E-state index is 5.95. The van der Waals surface area contributed by atoms with Gasteiger partial charge in [0, 0.05) is 30.1 Å². The van der Waals surface area contributed by atoms with Crippen molar-refractivity contribution >= 4 is 17.8 Å². The summed E-state index contributed by atoms with van der Waals surface area (Å²) in [6.45, 7) is 3.07. The van der Waals surface area contributed by atoms with Crippen molar-refractivity contribution in [3.8, 4) is 0 Å². The Kier molecular flexibility index (Phi) is 2.36. The number of benzene rings is 1. The highest BCUT2D eigenvalue weighted by Crippen LogP contribution is 2.25. The Labute approximate surface area is 83.4 Å². The third-order valence-electron chi connectivity index (χ3n) is 2.46. The molecule has 68 valence electrons. The van der Waals surface area contributed by atoms with E-state index in [2.05, 4.69) is 24.0 Å². The van der Waals surface area contributed by atoms with Crippen molar-refractivity contribution in [1.29, 1.82) is 0 Å². The van der Waals surface area contributed by atoms with Gasteiger partial charge in [-0.1, -0.05) is 24.6 Å². The van der Waals surface area contributed by atoms with Crippen LogP contribution in [0.3, 0.4) is 0 Å². The Morgan fingerprint density at radius 1 is 1.46 bits per heavy atom. The molecule has 1 nitrogen and oxygen atoms in total. The monoisotopic (exact) mass is 193 g/mol. The molecule has 1 aromatic rings. The second-order valence-electron chi connectivity index (χ2n) is 3.50. The summed E-state index contributed by atoms with van der Waals surface area (Å²) in [7, 11) is 0. The standard InChI is InChI=1S/C11H12ClN/c1-8-7-13-5-4-9-2-3-10(12)6-11(8)9/h2-3,5-6,8H,4,7H2,1H3. The molecule has 2 rings (SSSR count). The van der Waals surface area contributed by atoms with Crippen LogP contribution in [0.2, 0.25) is 5.02 Å². The van der Waals surface area contributed by atoms with E-state index in [9.17, 15) is 0 Å². The third-order valence-corrected chi connectivity index (χ3v) is 2.69. The summed E-state index contributed by atoms with van der Waals surface area (Å²) in [6.07, 6.45) is 2.94. The van der Waals surface area contributed by atoms with Gasteiger partial charge < -0.3 is 0 Å². The quantitative estimate of drug-likeness (QED) is 0.601. The minimum absolute atomic E-state index is 0.493. The Bertz CT molecular complexity index is 344.